The minimum atomic E-state index is -0.941. The number of nitrogens with one attached hydrogen (secondary N) is 2. The van der Waals surface area contributed by atoms with Crippen molar-refractivity contribution in [3.8, 4) is 0 Å². The molecule has 3 N–H and O–H groups in total. The van der Waals surface area contributed by atoms with Crippen LogP contribution in [0.2, 0.25) is 0 Å². The minimum absolute atomic E-state index is 0.109. The number of carbonyl (C=O) groups is 1. The standard InChI is InChI=1S/C21H27F2N3O2/c1-13(2)16-4-5-25-19(9-16)11-24-12-21(28)20(26-14(3)27)8-15-6-17(22)10-18(23)7-15/h4-7,9-10,13,20-21,24,28H,8,11-12H2,1-3H3,(H,26,27)/t20?,21-/m1/s1. The highest BCUT2D eigenvalue weighted by Gasteiger charge is 2.21. The highest BCUT2D eigenvalue weighted by molar-refractivity contribution is 5.73. The summed E-state index contributed by atoms with van der Waals surface area (Å²) < 4.78 is 26.8. The van der Waals surface area contributed by atoms with Gasteiger partial charge in [0.1, 0.15) is 11.6 Å². The average molecular weight is 391 g/mol. The molecule has 1 amide bonds. The molecule has 0 aliphatic rings. The van der Waals surface area contributed by atoms with Crippen LogP contribution in [-0.4, -0.2) is 34.7 Å². The highest BCUT2D eigenvalue weighted by atomic mass is 19.1. The van der Waals surface area contributed by atoms with E-state index in [9.17, 15) is 18.7 Å². The van der Waals surface area contributed by atoms with Crippen LogP contribution in [0.3, 0.4) is 0 Å². The SMILES string of the molecule is CC(=O)NC(Cc1cc(F)cc(F)c1)[C@H](O)CNCc1cc(C(C)C)ccn1. The molecule has 0 bridgehead atoms. The first-order valence-corrected chi connectivity index (χ1v) is 9.30. The van der Waals surface area contributed by atoms with Gasteiger partial charge in [-0.15, -0.1) is 0 Å². The summed E-state index contributed by atoms with van der Waals surface area (Å²) >= 11 is 0. The van der Waals surface area contributed by atoms with Gasteiger partial charge < -0.3 is 15.7 Å². The Balaban J connectivity index is 1.97. The van der Waals surface area contributed by atoms with Crippen LogP contribution in [0.5, 0.6) is 0 Å². The lowest BCUT2D eigenvalue weighted by molar-refractivity contribution is -0.120. The van der Waals surface area contributed by atoms with Gasteiger partial charge in [-0.2, -0.15) is 0 Å². The lowest BCUT2D eigenvalue weighted by atomic mass is 10.0. The maximum absolute atomic E-state index is 13.4. The molecule has 2 atom stereocenters. The Morgan fingerprint density at radius 1 is 1.18 bits per heavy atom. The van der Waals surface area contributed by atoms with E-state index < -0.39 is 23.8 Å². The molecule has 152 valence electrons. The zero-order valence-electron chi connectivity index (χ0n) is 16.4. The van der Waals surface area contributed by atoms with Gasteiger partial charge in [0.15, 0.2) is 0 Å². The number of hydrogen-bond donors (Lipinski definition) is 3. The number of aliphatic hydroxyl groups excluding tert-OH is 1. The van der Waals surface area contributed by atoms with Gasteiger partial charge in [-0.1, -0.05) is 13.8 Å². The van der Waals surface area contributed by atoms with Crippen molar-refractivity contribution in [1.82, 2.24) is 15.6 Å². The fourth-order valence-corrected chi connectivity index (χ4v) is 2.97. The number of halogens is 2. The van der Waals surface area contributed by atoms with Crippen molar-refractivity contribution in [1.29, 1.82) is 0 Å². The normalized spacial score (nSPS) is 13.4. The molecule has 0 saturated carbocycles. The number of pyridine rings is 1. The summed E-state index contributed by atoms with van der Waals surface area (Å²) in [5.74, 6) is -1.32. The van der Waals surface area contributed by atoms with Crippen LogP contribution in [0, 0.1) is 11.6 Å². The Bertz CT molecular complexity index is 779. The molecule has 1 unspecified atom stereocenters. The van der Waals surface area contributed by atoms with E-state index in [1.807, 2.05) is 12.1 Å². The first-order chi connectivity index (χ1) is 13.2. The molecule has 7 heteroatoms. The molecule has 2 rings (SSSR count). The Kier molecular flexibility index (Phi) is 8.02. The minimum Gasteiger partial charge on any atom is -0.390 e. The summed E-state index contributed by atoms with van der Waals surface area (Å²) in [6, 6.07) is 6.46. The van der Waals surface area contributed by atoms with Crippen LogP contribution in [0.25, 0.3) is 0 Å². The third-order valence-corrected chi connectivity index (χ3v) is 4.40. The average Bonchev–Trinajstić information content (AvgIpc) is 2.60. The molecule has 0 spiro atoms. The lowest BCUT2D eigenvalue weighted by Crippen LogP contribution is -2.48. The first-order valence-electron chi connectivity index (χ1n) is 9.30. The second kappa shape index (κ2) is 10.2. The van der Waals surface area contributed by atoms with Crippen molar-refractivity contribution in [2.45, 2.75) is 51.8 Å². The van der Waals surface area contributed by atoms with Crippen LogP contribution in [0.4, 0.5) is 8.78 Å². The molecule has 0 fully saturated rings. The second-order valence-corrected chi connectivity index (χ2v) is 7.22. The van der Waals surface area contributed by atoms with Crippen LogP contribution >= 0.6 is 0 Å². The first kappa shape index (κ1) is 21.9. The Hall–Kier alpha value is -2.38. The number of nitrogens with zero attached hydrogens (tertiary/aromatic N) is 1. The third-order valence-electron chi connectivity index (χ3n) is 4.40. The lowest BCUT2D eigenvalue weighted by Gasteiger charge is -2.24. The van der Waals surface area contributed by atoms with Crippen LogP contribution in [0.1, 0.15) is 43.5 Å². The van der Waals surface area contributed by atoms with E-state index in [0.29, 0.717) is 18.0 Å². The Labute approximate surface area is 164 Å². The molecule has 1 heterocycles. The van der Waals surface area contributed by atoms with Gasteiger partial charge in [0.2, 0.25) is 5.91 Å². The number of aliphatic hydroxyl groups is 1. The van der Waals surface area contributed by atoms with Gasteiger partial charge in [0, 0.05) is 32.3 Å². The van der Waals surface area contributed by atoms with Crippen molar-refractivity contribution in [3.05, 3.63) is 65.0 Å². The summed E-state index contributed by atoms with van der Waals surface area (Å²) in [5.41, 5.74) is 2.39. The molecule has 2 aromatic rings. The molecule has 28 heavy (non-hydrogen) atoms. The number of rotatable bonds is 9. The van der Waals surface area contributed by atoms with Crippen LogP contribution in [-0.2, 0) is 17.8 Å². The Morgan fingerprint density at radius 3 is 2.46 bits per heavy atom. The molecule has 0 aliphatic heterocycles. The molecule has 0 radical (unpaired) electrons. The summed E-state index contributed by atoms with van der Waals surface area (Å²) in [6.07, 6.45) is 0.919. The van der Waals surface area contributed by atoms with Crippen LogP contribution in [0.15, 0.2) is 36.5 Å². The van der Waals surface area contributed by atoms with E-state index in [-0.39, 0.29) is 18.9 Å². The fourth-order valence-electron chi connectivity index (χ4n) is 2.97. The van der Waals surface area contributed by atoms with Crippen molar-refractivity contribution >= 4 is 5.91 Å². The monoisotopic (exact) mass is 391 g/mol. The van der Waals surface area contributed by atoms with Gasteiger partial charge >= 0.3 is 0 Å². The number of amides is 1. The van der Waals surface area contributed by atoms with Gasteiger partial charge in [-0.3, -0.25) is 9.78 Å². The van der Waals surface area contributed by atoms with E-state index in [2.05, 4.69) is 29.5 Å². The number of aromatic nitrogens is 1. The van der Waals surface area contributed by atoms with Crippen molar-refractivity contribution in [3.63, 3.8) is 0 Å². The molecular weight excluding hydrogens is 364 g/mol. The third kappa shape index (κ3) is 6.98. The second-order valence-electron chi connectivity index (χ2n) is 7.22. The van der Waals surface area contributed by atoms with E-state index in [4.69, 9.17) is 0 Å². The Morgan fingerprint density at radius 2 is 1.86 bits per heavy atom. The number of hydrogen-bond acceptors (Lipinski definition) is 4. The zero-order chi connectivity index (χ0) is 20.7. The molecular formula is C21H27F2N3O2. The highest BCUT2D eigenvalue weighted by Crippen LogP contribution is 2.14. The van der Waals surface area contributed by atoms with Gasteiger partial charge in [-0.25, -0.2) is 8.78 Å². The fraction of sp³-hybridized carbons (Fsp3) is 0.429. The predicted octanol–water partition coefficient (Wildman–Crippen LogP) is 2.68. The zero-order valence-corrected chi connectivity index (χ0v) is 16.4. The van der Waals surface area contributed by atoms with Crippen molar-refractivity contribution in [2.75, 3.05) is 6.54 Å². The number of benzene rings is 1. The molecule has 5 nitrogen and oxygen atoms in total. The molecule has 1 aromatic heterocycles. The van der Waals surface area contributed by atoms with Crippen molar-refractivity contribution in [2.24, 2.45) is 0 Å². The molecule has 0 saturated heterocycles. The maximum Gasteiger partial charge on any atom is 0.217 e. The number of carbonyl (C=O) groups excluding carboxylic acids is 1. The maximum atomic E-state index is 13.4. The quantitative estimate of drug-likeness (QED) is 0.615. The molecule has 0 aliphatic carbocycles. The summed E-state index contributed by atoms with van der Waals surface area (Å²) in [6.45, 7) is 6.18. The van der Waals surface area contributed by atoms with E-state index >= 15 is 0 Å². The van der Waals surface area contributed by atoms with E-state index in [1.54, 1.807) is 6.20 Å². The smallest absolute Gasteiger partial charge is 0.217 e. The van der Waals surface area contributed by atoms with Crippen molar-refractivity contribution < 1.29 is 18.7 Å². The topological polar surface area (TPSA) is 74.2 Å². The largest absolute Gasteiger partial charge is 0.390 e. The van der Waals surface area contributed by atoms with E-state index in [1.165, 1.54) is 24.6 Å². The van der Waals surface area contributed by atoms with Gasteiger partial charge in [-0.05, 0) is 47.7 Å². The van der Waals surface area contributed by atoms with Gasteiger partial charge in [0.25, 0.3) is 0 Å². The molecule has 1 aromatic carbocycles. The van der Waals surface area contributed by atoms with Gasteiger partial charge in [0.05, 0.1) is 17.8 Å². The van der Waals surface area contributed by atoms with Crippen LogP contribution < -0.4 is 10.6 Å². The summed E-state index contributed by atoms with van der Waals surface area (Å²) in [5, 5.41) is 16.3. The predicted molar refractivity (Wildman–Crippen MR) is 104 cm³/mol. The summed E-state index contributed by atoms with van der Waals surface area (Å²) in [7, 11) is 0. The summed E-state index contributed by atoms with van der Waals surface area (Å²) in [4.78, 5) is 15.8. The van der Waals surface area contributed by atoms with E-state index in [0.717, 1.165) is 11.8 Å².